The van der Waals surface area contributed by atoms with Gasteiger partial charge in [-0.15, -0.1) is 24.0 Å². The Morgan fingerprint density at radius 2 is 1.79 bits per heavy atom. The molecule has 178 valence electrons. The first-order valence-corrected chi connectivity index (χ1v) is 11.1. The van der Waals surface area contributed by atoms with Crippen molar-refractivity contribution in [1.29, 1.82) is 0 Å². The number of hydrogen-bond donors (Lipinski definition) is 3. The van der Waals surface area contributed by atoms with Crippen molar-refractivity contribution in [2.45, 2.75) is 33.7 Å². The van der Waals surface area contributed by atoms with Crippen molar-refractivity contribution in [3.8, 4) is 22.9 Å². The van der Waals surface area contributed by atoms with Gasteiger partial charge in [0, 0.05) is 18.7 Å². The molecule has 3 N–H and O–H groups in total. The summed E-state index contributed by atoms with van der Waals surface area (Å²) in [5.41, 5.74) is 3.28. The second kappa shape index (κ2) is 14.4. The van der Waals surface area contributed by atoms with Gasteiger partial charge in [0.2, 0.25) is 0 Å². The standard InChI is InChI=1S/C24H32N6O2.HI/c1-4-25-24(27-16-19-8-7-9-20(14-19)23-28-17-29-30-23)26-13-12-18-10-11-21(31-5-2)22(15-18)32-6-3;/h7-11,14-15,17H,4-6,12-13,16H2,1-3H3,(H2,25,26,27)(H,28,29,30);1H. The number of benzene rings is 2. The van der Waals surface area contributed by atoms with Crippen LogP contribution in [0.3, 0.4) is 0 Å². The first kappa shape index (κ1) is 26.4. The lowest BCUT2D eigenvalue weighted by Gasteiger charge is -2.14. The molecule has 0 fully saturated rings. The fourth-order valence-electron chi connectivity index (χ4n) is 3.25. The van der Waals surface area contributed by atoms with Gasteiger partial charge in [-0.1, -0.05) is 24.3 Å². The number of aliphatic imine (C=N–C) groups is 1. The minimum absolute atomic E-state index is 0. The average molecular weight is 564 g/mol. The zero-order chi connectivity index (χ0) is 22.6. The van der Waals surface area contributed by atoms with Crippen LogP contribution in [-0.2, 0) is 13.0 Å². The predicted octanol–water partition coefficient (Wildman–Crippen LogP) is 4.18. The molecule has 0 spiro atoms. The number of nitrogens with zero attached hydrogens (tertiary/aromatic N) is 3. The zero-order valence-corrected chi connectivity index (χ0v) is 21.8. The summed E-state index contributed by atoms with van der Waals surface area (Å²) in [5, 5.41) is 13.5. The molecule has 3 rings (SSSR count). The van der Waals surface area contributed by atoms with Crippen LogP contribution < -0.4 is 20.1 Å². The van der Waals surface area contributed by atoms with E-state index in [1.165, 1.54) is 11.9 Å². The summed E-state index contributed by atoms with van der Waals surface area (Å²) in [7, 11) is 0. The second-order valence-corrected chi connectivity index (χ2v) is 7.05. The maximum atomic E-state index is 5.73. The number of halogens is 1. The first-order valence-electron chi connectivity index (χ1n) is 11.1. The Kier molecular flexibility index (Phi) is 11.5. The first-order chi connectivity index (χ1) is 15.7. The third kappa shape index (κ3) is 8.23. The van der Waals surface area contributed by atoms with Crippen molar-refractivity contribution in [3.05, 3.63) is 59.9 Å². The fraction of sp³-hybridized carbons (Fsp3) is 0.375. The smallest absolute Gasteiger partial charge is 0.191 e. The van der Waals surface area contributed by atoms with E-state index in [-0.39, 0.29) is 24.0 Å². The van der Waals surface area contributed by atoms with Gasteiger partial charge < -0.3 is 20.1 Å². The lowest BCUT2D eigenvalue weighted by atomic mass is 10.1. The lowest BCUT2D eigenvalue weighted by molar-refractivity contribution is 0.287. The van der Waals surface area contributed by atoms with Gasteiger partial charge in [-0.05, 0) is 56.5 Å². The van der Waals surface area contributed by atoms with Crippen molar-refractivity contribution in [1.82, 2.24) is 25.8 Å². The minimum atomic E-state index is 0. The van der Waals surface area contributed by atoms with Crippen LogP contribution in [0.15, 0.2) is 53.8 Å². The Labute approximate surface area is 212 Å². The molecule has 0 radical (unpaired) electrons. The number of rotatable bonds is 11. The van der Waals surface area contributed by atoms with Gasteiger partial charge in [0.1, 0.15) is 6.33 Å². The Balaban J connectivity index is 0.00000385. The number of H-pyrrole nitrogens is 1. The molecule has 1 heterocycles. The molecule has 1 aromatic heterocycles. The summed E-state index contributed by atoms with van der Waals surface area (Å²) in [6, 6.07) is 14.2. The number of aromatic amines is 1. The zero-order valence-electron chi connectivity index (χ0n) is 19.4. The van der Waals surface area contributed by atoms with Crippen molar-refractivity contribution in [2.24, 2.45) is 4.99 Å². The molecule has 0 saturated carbocycles. The SMILES string of the molecule is CCNC(=NCc1cccc(-c2ncn[nH]2)c1)NCCc1ccc(OCC)c(OCC)c1.I. The number of guanidine groups is 1. The Hall–Kier alpha value is -2.82. The number of ether oxygens (including phenoxy) is 2. The van der Waals surface area contributed by atoms with Gasteiger partial charge in [0.15, 0.2) is 23.3 Å². The van der Waals surface area contributed by atoms with E-state index in [2.05, 4.69) is 57.0 Å². The molecule has 0 aliphatic carbocycles. The van der Waals surface area contributed by atoms with Crippen molar-refractivity contribution in [2.75, 3.05) is 26.3 Å². The Bertz CT molecular complexity index is 994. The maximum absolute atomic E-state index is 5.73. The summed E-state index contributed by atoms with van der Waals surface area (Å²) in [6.45, 7) is 9.34. The van der Waals surface area contributed by atoms with Crippen LogP contribution in [0.1, 0.15) is 31.9 Å². The molecule has 0 unspecified atom stereocenters. The number of nitrogens with one attached hydrogen (secondary N) is 3. The molecule has 0 atom stereocenters. The highest BCUT2D eigenvalue weighted by Crippen LogP contribution is 2.28. The van der Waals surface area contributed by atoms with Gasteiger partial charge in [0.05, 0.1) is 19.8 Å². The van der Waals surface area contributed by atoms with E-state index < -0.39 is 0 Å². The maximum Gasteiger partial charge on any atom is 0.191 e. The lowest BCUT2D eigenvalue weighted by Crippen LogP contribution is -2.38. The third-order valence-electron chi connectivity index (χ3n) is 4.69. The van der Waals surface area contributed by atoms with E-state index in [4.69, 9.17) is 14.5 Å². The molecule has 0 saturated heterocycles. The quantitative estimate of drug-likeness (QED) is 0.184. The van der Waals surface area contributed by atoms with Gasteiger partial charge in [-0.2, -0.15) is 5.10 Å². The summed E-state index contributed by atoms with van der Waals surface area (Å²) < 4.78 is 11.4. The van der Waals surface area contributed by atoms with Crippen LogP contribution in [0.4, 0.5) is 0 Å². The highest BCUT2D eigenvalue weighted by Gasteiger charge is 2.07. The molecule has 33 heavy (non-hydrogen) atoms. The van der Waals surface area contributed by atoms with E-state index in [0.717, 1.165) is 53.9 Å². The fourth-order valence-corrected chi connectivity index (χ4v) is 3.25. The van der Waals surface area contributed by atoms with Crippen LogP contribution in [0.25, 0.3) is 11.4 Å². The van der Waals surface area contributed by atoms with Gasteiger partial charge >= 0.3 is 0 Å². The normalized spacial score (nSPS) is 10.9. The average Bonchev–Trinajstić information content (AvgIpc) is 3.35. The molecule has 2 aromatic carbocycles. The molecule has 0 aliphatic rings. The summed E-state index contributed by atoms with van der Waals surface area (Å²) in [6.07, 6.45) is 2.35. The second-order valence-electron chi connectivity index (χ2n) is 7.05. The van der Waals surface area contributed by atoms with E-state index in [1.807, 2.05) is 32.0 Å². The van der Waals surface area contributed by atoms with Crippen LogP contribution in [0, 0.1) is 0 Å². The number of hydrogen-bond acceptors (Lipinski definition) is 5. The van der Waals surface area contributed by atoms with E-state index in [1.54, 1.807) is 0 Å². The summed E-state index contributed by atoms with van der Waals surface area (Å²) >= 11 is 0. The Morgan fingerprint density at radius 3 is 2.52 bits per heavy atom. The van der Waals surface area contributed by atoms with E-state index in [9.17, 15) is 0 Å². The van der Waals surface area contributed by atoms with Crippen LogP contribution in [0.2, 0.25) is 0 Å². The van der Waals surface area contributed by atoms with E-state index >= 15 is 0 Å². The highest BCUT2D eigenvalue weighted by atomic mass is 127. The highest BCUT2D eigenvalue weighted by molar-refractivity contribution is 14.0. The Morgan fingerprint density at radius 1 is 0.970 bits per heavy atom. The molecule has 8 nitrogen and oxygen atoms in total. The van der Waals surface area contributed by atoms with Crippen LogP contribution in [-0.4, -0.2) is 47.4 Å². The van der Waals surface area contributed by atoms with Crippen molar-refractivity contribution in [3.63, 3.8) is 0 Å². The number of aromatic nitrogens is 3. The van der Waals surface area contributed by atoms with Crippen LogP contribution in [0.5, 0.6) is 11.5 Å². The molecule has 9 heteroatoms. The molecule has 3 aromatic rings. The molecule has 0 aliphatic heterocycles. The van der Waals surface area contributed by atoms with Crippen LogP contribution >= 0.6 is 24.0 Å². The van der Waals surface area contributed by atoms with Gasteiger partial charge in [0.25, 0.3) is 0 Å². The topological polar surface area (TPSA) is 96.5 Å². The minimum Gasteiger partial charge on any atom is -0.490 e. The summed E-state index contributed by atoms with van der Waals surface area (Å²) in [5.74, 6) is 3.11. The van der Waals surface area contributed by atoms with Crippen molar-refractivity contribution < 1.29 is 9.47 Å². The summed E-state index contributed by atoms with van der Waals surface area (Å²) in [4.78, 5) is 8.94. The third-order valence-corrected chi connectivity index (χ3v) is 4.69. The monoisotopic (exact) mass is 564 g/mol. The van der Waals surface area contributed by atoms with E-state index in [0.29, 0.717) is 19.8 Å². The van der Waals surface area contributed by atoms with Crippen molar-refractivity contribution >= 4 is 29.9 Å². The molecular formula is C24H33IN6O2. The molecule has 0 bridgehead atoms. The van der Waals surface area contributed by atoms with Gasteiger partial charge in [-0.3, -0.25) is 5.10 Å². The van der Waals surface area contributed by atoms with Gasteiger partial charge in [-0.25, -0.2) is 9.98 Å². The molecule has 0 amide bonds. The largest absolute Gasteiger partial charge is 0.490 e. The molecular weight excluding hydrogens is 531 g/mol. The predicted molar refractivity (Wildman–Crippen MR) is 143 cm³/mol.